The van der Waals surface area contributed by atoms with Crippen LogP contribution >= 0.6 is 0 Å². The molecule has 4 nitrogen and oxygen atoms in total. The minimum atomic E-state index is 0.512. The van der Waals surface area contributed by atoms with Gasteiger partial charge in [0.2, 0.25) is 0 Å². The minimum Gasteiger partial charge on any atom is -0.371 e. The number of nitrogens with zero attached hydrogens (tertiary/aromatic N) is 3. The first-order chi connectivity index (χ1) is 9.31. The normalized spacial score (nSPS) is 14.4. The Morgan fingerprint density at radius 1 is 1.11 bits per heavy atom. The molecule has 2 heterocycles. The van der Waals surface area contributed by atoms with Crippen molar-refractivity contribution in [2.24, 2.45) is 5.73 Å². The Morgan fingerprint density at radius 3 is 2.68 bits per heavy atom. The molecule has 0 saturated carbocycles. The molecule has 4 heteroatoms. The van der Waals surface area contributed by atoms with Gasteiger partial charge in [-0.05, 0) is 18.2 Å². The third kappa shape index (κ3) is 2.04. The summed E-state index contributed by atoms with van der Waals surface area (Å²) in [6.45, 7) is 2.42. The lowest BCUT2D eigenvalue weighted by Gasteiger charge is -2.37. The minimum absolute atomic E-state index is 0.512. The molecule has 19 heavy (non-hydrogen) atoms. The smallest absolute Gasteiger partial charge is 0.137 e. The van der Waals surface area contributed by atoms with Crippen LogP contribution in [0.3, 0.4) is 0 Å². The fraction of sp³-hybridized carbons (Fsp3) is 0.267. The molecule has 0 spiro atoms. The monoisotopic (exact) mass is 254 g/mol. The summed E-state index contributed by atoms with van der Waals surface area (Å²) in [6, 6.07) is 12.4. The Hall–Kier alpha value is -2.07. The average Bonchev–Trinajstić information content (AvgIpc) is 2.48. The van der Waals surface area contributed by atoms with E-state index in [1.165, 1.54) is 11.4 Å². The van der Waals surface area contributed by atoms with Crippen LogP contribution in [0.25, 0.3) is 0 Å². The van der Waals surface area contributed by atoms with Crippen molar-refractivity contribution >= 4 is 17.2 Å². The second kappa shape index (κ2) is 4.90. The highest BCUT2D eigenvalue weighted by Crippen LogP contribution is 2.36. The first-order valence-electron chi connectivity index (χ1n) is 6.53. The molecule has 2 aromatic rings. The van der Waals surface area contributed by atoms with Gasteiger partial charge in [0.05, 0.1) is 11.4 Å². The van der Waals surface area contributed by atoms with Crippen molar-refractivity contribution in [3.63, 3.8) is 0 Å². The molecular weight excluding hydrogens is 236 g/mol. The molecule has 1 aromatic heterocycles. The molecule has 0 saturated heterocycles. The highest BCUT2D eigenvalue weighted by Gasteiger charge is 2.23. The summed E-state index contributed by atoms with van der Waals surface area (Å²) in [5.74, 6) is 0.977. The number of anilines is 3. The summed E-state index contributed by atoms with van der Waals surface area (Å²) in [4.78, 5) is 9.06. The molecule has 0 fully saturated rings. The van der Waals surface area contributed by atoms with Crippen LogP contribution in [0.1, 0.15) is 5.56 Å². The van der Waals surface area contributed by atoms with Crippen LogP contribution in [-0.4, -0.2) is 25.1 Å². The molecule has 0 radical (unpaired) electrons. The molecule has 0 unspecified atom stereocenters. The van der Waals surface area contributed by atoms with Gasteiger partial charge >= 0.3 is 0 Å². The molecular formula is C15H18N4. The molecule has 98 valence electrons. The van der Waals surface area contributed by atoms with Gasteiger partial charge in [0.15, 0.2) is 0 Å². The summed E-state index contributed by atoms with van der Waals surface area (Å²) >= 11 is 0. The summed E-state index contributed by atoms with van der Waals surface area (Å²) < 4.78 is 0. The second-order valence-corrected chi connectivity index (χ2v) is 4.75. The van der Waals surface area contributed by atoms with Gasteiger partial charge in [-0.1, -0.05) is 18.2 Å². The quantitative estimate of drug-likeness (QED) is 0.891. The fourth-order valence-corrected chi connectivity index (χ4v) is 2.56. The van der Waals surface area contributed by atoms with Crippen molar-refractivity contribution in [1.29, 1.82) is 0 Å². The Kier molecular flexibility index (Phi) is 3.09. The molecule has 1 aliphatic rings. The number of hydrogen-bond acceptors (Lipinski definition) is 4. The van der Waals surface area contributed by atoms with Crippen molar-refractivity contribution in [3.8, 4) is 0 Å². The first kappa shape index (κ1) is 12.0. The van der Waals surface area contributed by atoms with E-state index < -0.39 is 0 Å². The van der Waals surface area contributed by atoms with Gasteiger partial charge in [-0.2, -0.15) is 0 Å². The van der Waals surface area contributed by atoms with Crippen LogP contribution in [0.4, 0.5) is 17.2 Å². The van der Waals surface area contributed by atoms with Gasteiger partial charge in [-0.25, -0.2) is 4.98 Å². The molecule has 1 aromatic carbocycles. The van der Waals surface area contributed by atoms with E-state index in [2.05, 4.69) is 46.1 Å². The summed E-state index contributed by atoms with van der Waals surface area (Å²) in [7, 11) is 2.12. The van der Waals surface area contributed by atoms with Crippen LogP contribution in [0.5, 0.6) is 0 Å². The van der Waals surface area contributed by atoms with Gasteiger partial charge in [0.25, 0.3) is 0 Å². The van der Waals surface area contributed by atoms with Gasteiger partial charge in [0, 0.05) is 38.4 Å². The zero-order chi connectivity index (χ0) is 13.2. The number of fused-ring (bicyclic) bond motifs is 1. The standard InChI is InChI=1S/C15H18N4/c1-18-9-10-19(14-7-3-2-6-13(14)18)15-12(11-16)5-4-8-17-15/h2-8H,9-11,16H2,1H3. The molecule has 0 aliphatic carbocycles. The molecule has 3 rings (SSSR count). The van der Waals surface area contributed by atoms with Crippen LogP contribution in [-0.2, 0) is 6.54 Å². The molecule has 2 N–H and O–H groups in total. The van der Waals surface area contributed by atoms with Gasteiger partial charge in [-0.3, -0.25) is 0 Å². The van der Waals surface area contributed by atoms with Gasteiger partial charge in [0.1, 0.15) is 5.82 Å². The van der Waals surface area contributed by atoms with Crippen molar-refractivity contribution in [2.75, 3.05) is 29.9 Å². The lowest BCUT2D eigenvalue weighted by atomic mass is 10.1. The maximum Gasteiger partial charge on any atom is 0.137 e. The number of aromatic nitrogens is 1. The largest absolute Gasteiger partial charge is 0.371 e. The summed E-state index contributed by atoms with van der Waals surface area (Å²) in [5, 5.41) is 0. The third-order valence-electron chi connectivity index (χ3n) is 3.59. The van der Waals surface area contributed by atoms with Crippen molar-refractivity contribution in [3.05, 3.63) is 48.2 Å². The van der Waals surface area contributed by atoms with E-state index in [1.54, 1.807) is 0 Å². The average molecular weight is 254 g/mol. The zero-order valence-corrected chi connectivity index (χ0v) is 11.1. The van der Waals surface area contributed by atoms with E-state index in [0.29, 0.717) is 6.54 Å². The van der Waals surface area contributed by atoms with E-state index in [0.717, 1.165) is 24.5 Å². The summed E-state index contributed by atoms with van der Waals surface area (Å²) in [6.07, 6.45) is 1.83. The zero-order valence-electron chi connectivity index (χ0n) is 11.1. The van der Waals surface area contributed by atoms with E-state index >= 15 is 0 Å². The third-order valence-corrected chi connectivity index (χ3v) is 3.59. The maximum atomic E-state index is 5.83. The Labute approximate surface area is 113 Å². The Balaban J connectivity index is 2.10. The predicted molar refractivity (Wildman–Crippen MR) is 78.8 cm³/mol. The van der Waals surface area contributed by atoms with Crippen molar-refractivity contribution in [2.45, 2.75) is 6.54 Å². The maximum absolute atomic E-state index is 5.83. The fourth-order valence-electron chi connectivity index (χ4n) is 2.56. The lowest BCUT2D eigenvalue weighted by molar-refractivity contribution is 0.807. The highest BCUT2D eigenvalue weighted by atomic mass is 15.3. The number of para-hydroxylation sites is 2. The van der Waals surface area contributed by atoms with E-state index in [-0.39, 0.29) is 0 Å². The Bertz CT molecular complexity index is 582. The van der Waals surface area contributed by atoms with Crippen LogP contribution in [0.2, 0.25) is 0 Å². The number of hydrogen-bond donors (Lipinski definition) is 1. The van der Waals surface area contributed by atoms with Gasteiger partial charge in [-0.15, -0.1) is 0 Å². The highest BCUT2D eigenvalue weighted by molar-refractivity contribution is 5.78. The summed E-state index contributed by atoms with van der Waals surface area (Å²) in [5.41, 5.74) is 9.35. The lowest BCUT2D eigenvalue weighted by Crippen LogP contribution is -2.37. The van der Waals surface area contributed by atoms with Crippen LogP contribution in [0.15, 0.2) is 42.6 Å². The molecule has 0 amide bonds. The number of pyridine rings is 1. The van der Waals surface area contributed by atoms with Crippen LogP contribution in [0, 0.1) is 0 Å². The van der Waals surface area contributed by atoms with E-state index in [1.807, 2.05) is 18.3 Å². The van der Waals surface area contributed by atoms with Crippen molar-refractivity contribution < 1.29 is 0 Å². The predicted octanol–water partition coefficient (Wildman–Crippen LogP) is 2.13. The molecule has 0 atom stereocenters. The van der Waals surface area contributed by atoms with Crippen LogP contribution < -0.4 is 15.5 Å². The van der Waals surface area contributed by atoms with E-state index in [9.17, 15) is 0 Å². The number of benzene rings is 1. The Morgan fingerprint density at radius 2 is 1.89 bits per heavy atom. The number of nitrogens with two attached hydrogens (primary N) is 1. The molecule has 1 aliphatic heterocycles. The van der Waals surface area contributed by atoms with E-state index in [4.69, 9.17) is 5.73 Å². The molecule has 0 bridgehead atoms. The number of rotatable bonds is 2. The van der Waals surface area contributed by atoms with Crippen molar-refractivity contribution in [1.82, 2.24) is 4.98 Å². The topological polar surface area (TPSA) is 45.4 Å². The number of likely N-dealkylation sites (N-methyl/N-ethyl adjacent to an activating group) is 1. The van der Waals surface area contributed by atoms with Gasteiger partial charge < -0.3 is 15.5 Å². The second-order valence-electron chi connectivity index (χ2n) is 4.75. The SMILES string of the molecule is CN1CCN(c2ncccc2CN)c2ccccc21. The first-order valence-corrected chi connectivity index (χ1v) is 6.53.